The lowest BCUT2D eigenvalue weighted by molar-refractivity contribution is -0.116. The second-order valence-corrected chi connectivity index (χ2v) is 4.73. The average Bonchev–Trinajstić information content (AvgIpc) is 2.43. The number of ether oxygens (including phenoxy) is 1. The summed E-state index contributed by atoms with van der Waals surface area (Å²) in [7, 11) is 0. The zero-order valence-electron chi connectivity index (χ0n) is 12.1. The van der Waals surface area contributed by atoms with Gasteiger partial charge in [-0.05, 0) is 37.1 Å². The number of unbranched alkanes of at least 4 members (excludes halogenated alkanes) is 3. The van der Waals surface area contributed by atoms with Crippen LogP contribution in [0.1, 0.15) is 52.4 Å². The van der Waals surface area contributed by atoms with E-state index in [1.54, 1.807) is 0 Å². The molecule has 0 heterocycles. The molecule has 0 aliphatic rings. The van der Waals surface area contributed by atoms with Crippen molar-refractivity contribution in [2.45, 2.75) is 52.4 Å². The van der Waals surface area contributed by atoms with Gasteiger partial charge in [0.15, 0.2) is 0 Å². The third kappa shape index (κ3) is 6.85. The van der Waals surface area contributed by atoms with Gasteiger partial charge in [0, 0.05) is 12.1 Å². The van der Waals surface area contributed by atoms with Crippen molar-refractivity contribution in [2.24, 2.45) is 0 Å². The number of rotatable bonds is 9. The summed E-state index contributed by atoms with van der Waals surface area (Å²) >= 11 is 0. The molecule has 1 aromatic rings. The molecule has 0 atom stereocenters. The summed E-state index contributed by atoms with van der Waals surface area (Å²) in [5.74, 6) is 0.945. The van der Waals surface area contributed by atoms with Crippen LogP contribution in [0, 0.1) is 0 Å². The largest absolute Gasteiger partial charge is 0.494 e. The van der Waals surface area contributed by atoms with Gasteiger partial charge < -0.3 is 10.1 Å². The number of benzene rings is 1. The molecule has 0 spiro atoms. The van der Waals surface area contributed by atoms with Crippen LogP contribution in [0.25, 0.3) is 0 Å². The molecule has 0 saturated heterocycles. The minimum atomic E-state index is 0.0957. The smallest absolute Gasteiger partial charge is 0.224 e. The minimum absolute atomic E-state index is 0.0957. The van der Waals surface area contributed by atoms with Crippen molar-refractivity contribution in [3.05, 3.63) is 24.3 Å². The first-order valence-corrected chi connectivity index (χ1v) is 7.29. The second-order valence-electron chi connectivity index (χ2n) is 4.73. The van der Waals surface area contributed by atoms with Gasteiger partial charge in [-0.15, -0.1) is 0 Å². The predicted octanol–water partition coefficient (Wildman–Crippen LogP) is 4.38. The molecule has 0 bridgehead atoms. The van der Waals surface area contributed by atoms with E-state index < -0.39 is 0 Å². The van der Waals surface area contributed by atoms with Crippen molar-refractivity contribution in [3.63, 3.8) is 0 Å². The van der Waals surface area contributed by atoms with E-state index >= 15 is 0 Å². The molecule has 0 aliphatic heterocycles. The molecule has 0 unspecified atom stereocenters. The van der Waals surface area contributed by atoms with Crippen LogP contribution in [0.15, 0.2) is 24.3 Å². The van der Waals surface area contributed by atoms with Gasteiger partial charge in [0.2, 0.25) is 5.91 Å². The van der Waals surface area contributed by atoms with Crippen molar-refractivity contribution >= 4 is 11.6 Å². The summed E-state index contributed by atoms with van der Waals surface area (Å²) in [6.45, 7) is 4.97. The van der Waals surface area contributed by atoms with Gasteiger partial charge in [0.1, 0.15) is 5.75 Å². The molecule has 1 aromatic carbocycles. The van der Waals surface area contributed by atoms with Gasteiger partial charge in [-0.25, -0.2) is 0 Å². The van der Waals surface area contributed by atoms with Crippen LogP contribution >= 0.6 is 0 Å². The molecule has 0 aliphatic carbocycles. The first kappa shape index (κ1) is 15.5. The number of carbonyl (C=O) groups is 1. The molecule has 0 radical (unpaired) electrons. The quantitative estimate of drug-likeness (QED) is 0.671. The Morgan fingerprint density at radius 2 is 1.79 bits per heavy atom. The van der Waals surface area contributed by atoms with E-state index in [0.29, 0.717) is 6.42 Å². The van der Waals surface area contributed by atoms with E-state index in [-0.39, 0.29) is 5.91 Å². The highest BCUT2D eigenvalue weighted by Gasteiger charge is 2.02. The lowest BCUT2D eigenvalue weighted by atomic mass is 10.1. The van der Waals surface area contributed by atoms with Crippen LogP contribution in [0.4, 0.5) is 5.69 Å². The number of anilines is 1. The number of nitrogens with one attached hydrogen (secondary N) is 1. The van der Waals surface area contributed by atoms with E-state index in [9.17, 15) is 4.79 Å². The van der Waals surface area contributed by atoms with Crippen molar-refractivity contribution in [3.8, 4) is 5.75 Å². The fourth-order valence-electron chi connectivity index (χ4n) is 1.79. The molecular formula is C16H25NO2. The second kappa shape index (κ2) is 9.42. The van der Waals surface area contributed by atoms with Gasteiger partial charge in [-0.3, -0.25) is 4.79 Å². The van der Waals surface area contributed by atoms with E-state index in [4.69, 9.17) is 4.74 Å². The Hall–Kier alpha value is -1.51. The molecule has 0 aromatic heterocycles. The van der Waals surface area contributed by atoms with E-state index in [0.717, 1.165) is 37.3 Å². The fraction of sp³-hybridized carbons (Fsp3) is 0.562. The maximum Gasteiger partial charge on any atom is 0.224 e. The lowest BCUT2D eigenvalue weighted by Crippen LogP contribution is -2.10. The third-order valence-corrected chi connectivity index (χ3v) is 2.87. The number of carbonyl (C=O) groups excluding carboxylic acids is 1. The first-order chi connectivity index (χ1) is 9.26. The van der Waals surface area contributed by atoms with Gasteiger partial charge in [0.05, 0.1) is 6.61 Å². The lowest BCUT2D eigenvalue weighted by Gasteiger charge is -2.07. The highest BCUT2D eigenvalue weighted by atomic mass is 16.5. The fourth-order valence-corrected chi connectivity index (χ4v) is 1.79. The normalized spacial score (nSPS) is 10.2. The molecular weight excluding hydrogens is 238 g/mol. The van der Waals surface area contributed by atoms with Gasteiger partial charge in [-0.2, -0.15) is 0 Å². The zero-order chi connectivity index (χ0) is 13.9. The molecule has 19 heavy (non-hydrogen) atoms. The van der Waals surface area contributed by atoms with Crippen LogP contribution in [-0.4, -0.2) is 12.5 Å². The first-order valence-electron chi connectivity index (χ1n) is 7.29. The molecule has 1 amide bonds. The van der Waals surface area contributed by atoms with Crippen LogP contribution in [0.3, 0.4) is 0 Å². The molecule has 106 valence electrons. The summed E-state index contributed by atoms with van der Waals surface area (Å²) in [6, 6.07) is 7.55. The van der Waals surface area contributed by atoms with Crippen molar-refractivity contribution in [2.75, 3.05) is 11.9 Å². The van der Waals surface area contributed by atoms with E-state index in [1.165, 1.54) is 12.8 Å². The van der Waals surface area contributed by atoms with Crippen LogP contribution in [0.5, 0.6) is 5.75 Å². The Morgan fingerprint density at radius 3 is 2.42 bits per heavy atom. The number of amides is 1. The summed E-state index contributed by atoms with van der Waals surface area (Å²) in [5, 5.41) is 2.91. The van der Waals surface area contributed by atoms with E-state index in [1.807, 2.05) is 24.3 Å². The van der Waals surface area contributed by atoms with Gasteiger partial charge >= 0.3 is 0 Å². The third-order valence-electron chi connectivity index (χ3n) is 2.87. The molecule has 0 saturated carbocycles. The monoisotopic (exact) mass is 263 g/mol. The Balaban J connectivity index is 2.29. The predicted molar refractivity (Wildman–Crippen MR) is 79.6 cm³/mol. The summed E-state index contributed by atoms with van der Waals surface area (Å²) < 4.78 is 5.49. The van der Waals surface area contributed by atoms with Gasteiger partial charge in [-0.1, -0.05) is 33.1 Å². The Morgan fingerprint density at radius 1 is 1.05 bits per heavy atom. The molecule has 3 heteroatoms. The van der Waals surface area contributed by atoms with Crippen LogP contribution < -0.4 is 10.1 Å². The summed E-state index contributed by atoms with van der Waals surface area (Å²) in [6.07, 6.45) is 6.10. The van der Waals surface area contributed by atoms with Gasteiger partial charge in [0.25, 0.3) is 0 Å². The highest BCUT2D eigenvalue weighted by Crippen LogP contribution is 2.16. The average molecular weight is 263 g/mol. The van der Waals surface area contributed by atoms with Crippen LogP contribution in [0.2, 0.25) is 0 Å². The number of hydrogen-bond acceptors (Lipinski definition) is 2. The van der Waals surface area contributed by atoms with Crippen molar-refractivity contribution < 1.29 is 9.53 Å². The molecule has 3 nitrogen and oxygen atoms in total. The zero-order valence-corrected chi connectivity index (χ0v) is 12.1. The maximum absolute atomic E-state index is 11.7. The minimum Gasteiger partial charge on any atom is -0.494 e. The van der Waals surface area contributed by atoms with Crippen molar-refractivity contribution in [1.82, 2.24) is 0 Å². The molecule has 1 N–H and O–H groups in total. The highest BCUT2D eigenvalue weighted by molar-refractivity contribution is 5.90. The summed E-state index contributed by atoms with van der Waals surface area (Å²) in [5.41, 5.74) is 0.837. The van der Waals surface area contributed by atoms with Crippen molar-refractivity contribution in [1.29, 1.82) is 0 Å². The Kier molecular flexibility index (Phi) is 7.71. The van der Waals surface area contributed by atoms with E-state index in [2.05, 4.69) is 19.2 Å². The Bertz CT molecular complexity index is 360. The molecule has 1 rings (SSSR count). The summed E-state index contributed by atoms with van der Waals surface area (Å²) in [4.78, 5) is 11.7. The topological polar surface area (TPSA) is 38.3 Å². The standard InChI is InChI=1S/C16H25NO2/c1-3-5-6-7-8-16(18)17-14-9-11-15(12-10-14)19-13-4-2/h9-12H,3-8,13H2,1-2H3,(H,17,18). The van der Waals surface area contributed by atoms with Crippen LogP contribution in [-0.2, 0) is 4.79 Å². The SMILES string of the molecule is CCCCCCC(=O)Nc1ccc(OCCC)cc1. The molecule has 0 fully saturated rings. The maximum atomic E-state index is 11.7. The Labute approximate surface area is 116 Å². The number of hydrogen-bond donors (Lipinski definition) is 1.